The largest absolute Gasteiger partial charge is 0.496 e. The predicted octanol–water partition coefficient (Wildman–Crippen LogP) is 5.78. The lowest BCUT2D eigenvalue weighted by atomic mass is 10.1. The molecule has 4 nitrogen and oxygen atoms in total. The van der Waals surface area contributed by atoms with E-state index in [-0.39, 0.29) is 5.97 Å². The fourth-order valence-electron chi connectivity index (χ4n) is 3.05. The third-order valence-corrected chi connectivity index (χ3v) is 4.60. The van der Waals surface area contributed by atoms with Gasteiger partial charge in [-0.1, -0.05) is 30.3 Å². The maximum Gasteiger partial charge on any atom is 0.343 e. The molecule has 0 aliphatic carbocycles. The molecule has 0 aromatic heterocycles. The number of aryl methyl sites for hydroxylation is 1. The van der Waals surface area contributed by atoms with E-state index in [0.717, 1.165) is 28.2 Å². The van der Waals surface area contributed by atoms with Gasteiger partial charge in [0.25, 0.3) is 0 Å². The lowest BCUT2D eigenvalue weighted by Crippen LogP contribution is -1.97. The van der Waals surface area contributed by atoms with E-state index in [9.17, 15) is 4.79 Å². The third kappa shape index (κ3) is 4.22. The van der Waals surface area contributed by atoms with Gasteiger partial charge in [-0.05, 0) is 72.7 Å². The molecule has 0 saturated heterocycles. The number of hydrogen-bond acceptors (Lipinski definition) is 4. The van der Waals surface area contributed by atoms with Crippen molar-refractivity contribution in [1.29, 1.82) is 0 Å². The summed E-state index contributed by atoms with van der Waals surface area (Å²) >= 11 is 0. The molecular formula is C25H20O4. The molecule has 0 amide bonds. The van der Waals surface area contributed by atoms with Crippen molar-refractivity contribution in [3.63, 3.8) is 0 Å². The first-order chi connectivity index (χ1) is 14.1. The zero-order chi connectivity index (χ0) is 20.2. The van der Waals surface area contributed by atoms with Gasteiger partial charge in [0, 0.05) is 5.56 Å². The third-order valence-electron chi connectivity index (χ3n) is 4.60. The number of methoxy groups -OCH3 is 1. The molecule has 144 valence electrons. The molecule has 0 fully saturated rings. The zero-order valence-corrected chi connectivity index (χ0v) is 16.2. The molecule has 3 aromatic rings. The SMILES string of the molecule is COc1cc(C=C2C=C(c3ccc(Oc4ccccc4)cc3)OC2=O)ccc1C. The van der Waals surface area contributed by atoms with Gasteiger partial charge >= 0.3 is 5.97 Å². The van der Waals surface area contributed by atoms with Gasteiger partial charge in [0.05, 0.1) is 12.7 Å². The van der Waals surface area contributed by atoms with Crippen molar-refractivity contribution in [2.45, 2.75) is 6.92 Å². The van der Waals surface area contributed by atoms with Crippen molar-refractivity contribution in [1.82, 2.24) is 0 Å². The fraction of sp³-hybridized carbons (Fsp3) is 0.0800. The van der Waals surface area contributed by atoms with Crippen LogP contribution in [-0.4, -0.2) is 13.1 Å². The molecule has 0 atom stereocenters. The second-order valence-electron chi connectivity index (χ2n) is 6.67. The number of hydrogen-bond donors (Lipinski definition) is 0. The van der Waals surface area contributed by atoms with Crippen molar-refractivity contribution < 1.29 is 19.0 Å². The van der Waals surface area contributed by atoms with Crippen LogP contribution in [0.1, 0.15) is 16.7 Å². The lowest BCUT2D eigenvalue weighted by molar-refractivity contribution is -0.130. The van der Waals surface area contributed by atoms with E-state index in [1.165, 1.54) is 0 Å². The Kier molecular flexibility index (Phi) is 5.16. The van der Waals surface area contributed by atoms with Crippen molar-refractivity contribution in [2.24, 2.45) is 0 Å². The van der Waals surface area contributed by atoms with E-state index < -0.39 is 0 Å². The summed E-state index contributed by atoms with van der Waals surface area (Å²) in [6, 6.07) is 22.8. The van der Waals surface area contributed by atoms with Crippen molar-refractivity contribution in [3.05, 3.63) is 101 Å². The maximum absolute atomic E-state index is 12.3. The van der Waals surface area contributed by atoms with Crippen LogP contribution in [0, 0.1) is 6.92 Å². The number of carbonyl (C=O) groups excluding carboxylic acids is 1. The summed E-state index contributed by atoms with van der Waals surface area (Å²) in [7, 11) is 1.63. The minimum atomic E-state index is -0.371. The number of rotatable bonds is 5. The van der Waals surface area contributed by atoms with Crippen LogP contribution in [-0.2, 0) is 9.53 Å². The van der Waals surface area contributed by atoms with Crippen LogP contribution in [0.5, 0.6) is 17.2 Å². The summed E-state index contributed by atoms with van der Waals surface area (Å²) in [6.07, 6.45) is 3.55. The van der Waals surface area contributed by atoms with Gasteiger partial charge < -0.3 is 14.2 Å². The molecule has 0 radical (unpaired) electrons. The number of carbonyl (C=O) groups is 1. The smallest absolute Gasteiger partial charge is 0.343 e. The Morgan fingerprint density at radius 1 is 0.897 bits per heavy atom. The van der Waals surface area contributed by atoms with Gasteiger partial charge in [0.1, 0.15) is 23.0 Å². The molecule has 0 unspecified atom stereocenters. The maximum atomic E-state index is 12.3. The molecule has 0 bridgehead atoms. The molecular weight excluding hydrogens is 364 g/mol. The molecule has 4 heteroatoms. The number of cyclic esters (lactones) is 1. The summed E-state index contributed by atoms with van der Waals surface area (Å²) < 4.78 is 16.6. The van der Waals surface area contributed by atoms with Crippen molar-refractivity contribution >= 4 is 17.8 Å². The minimum absolute atomic E-state index is 0.371. The van der Waals surface area contributed by atoms with E-state index in [1.807, 2.05) is 79.7 Å². The second-order valence-corrected chi connectivity index (χ2v) is 6.67. The zero-order valence-electron chi connectivity index (χ0n) is 16.2. The van der Waals surface area contributed by atoms with E-state index in [0.29, 0.717) is 17.1 Å². The molecule has 29 heavy (non-hydrogen) atoms. The van der Waals surface area contributed by atoms with Gasteiger partial charge in [-0.3, -0.25) is 0 Å². The topological polar surface area (TPSA) is 44.8 Å². The average molecular weight is 384 g/mol. The fourth-order valence-corrected chi connectivity index (χ4v) is 3.05. The summed E-state index contributed by atoms with van der Waals surface area (Å²) in [5, 5.41) is 0. The summed E-state index contributed by atoms with van der Waals surface area (Å²) in [5.41, 5.74) is 3.22. The highest BCUT2D eigenvalue weighted by atomic mass is 16.5. The number of esters is 1. The van der Waals surface area contributed by atoms with E-state index in [4.69, 9.17) is 14.2 Å². The minimum Gasteiger partial charge on any atom is -0.496 e. The molecule has 0 N–H and O–H groups in total. The van der Waals surface area contributed by atoms with Gasteiger partial charge in [-0.2, -0.15) is 0 Å². The summed E-state index contributed by atoms with van der Waals surface area (Å²) in [5.74, 6) is 2.41. The number of benzene rings is 3. The Balaban J connectivity index is 1.54. The van der Waals surface area contributed by atoms with Crippen molar-refractivity contribution in [2.75, 3.05) is 7.11 Å². The lowest BCUT2D eigenvalue weighted by Gasteiger charge is -2.07. The molecule has 1 heterocycles. The van der Waals surface area contributed by atoms with Crippen LogP contribution in [0.4, 0.5) is 0 Å². The Hall–Kier alpha value is -3.79. The first-order valence-electron chi connectivity index (χ1n) is 9.26. The Bertz CT molecular complexity index is 1090. The predicted molar refractivity (Wildman–Crippen MR) is 113 cm³/mol. The molecule has 4 rings (SSSR count). The molecule has 1 aliphatic heterocycles. The van der Waals surface area contributed by atoms with Crippen LogP contribution in [0.15, 0.2) is 84.4 Å². The highest BCUT2D eigenvalue weighted by Gasteiger charge is 2.22. The highest BCUT2D eigenvalue weighted by molar-refractivity contribution is 6.05. The van der Waals surface area contributed by atoms with Gasteiger partial charge in [0.15, 0.2) is 0 Å². The van der Waals surface area contributed by atoms with E-state index >= 15 is 0 Å². The molecule has 3 aromatic carbocycles. The van der Waals surface area contributed by atoms with E-state index in [2.05, 4.69) is 0 Å². The Labute approximate surface area is 169 Å². The molecule has 0 saturated carbocycles. The Morgan fingerprint density at radius 3 is 2.34 bits per heavy atom. The van der Waals surface area contributed by atoms with Gasteiger partial charge in [-0.15, -0.1) is 0 Å². The average Bonchev–Trinajstić information content (AvgIpc) is 3.11. The standard InChI is InChI=1S/C25H20O4/c1-17-8-9-18(15-23(17)27-2)14-20-16-24(29-25(20)26)19-10-12-22(13-11-19)28-21-6-4-3-5-7-21/h3-16H,1-2H3. The quantitative estimate of drug-likeness (QED) is 0.413. The van der Waals surface area contributed by atoms with Gasteiger partial charge in [0.2, 0.25) is 0 Å². The monoisotopic (exact) mass is 384 g/mol. The van der Waals surface area contributed by atoms with Crippen molar-refractivity contribution in [3.8, 4) is 17.2 Å². The van der Waals surface area contributed by atoms with Crippen LogP contribution >= 0.6 is 0 Å². The van der Waals surface area contributed by atoms with Gasteiger partial charge in [-0.25, -0.2) is 4.79 Å². The first kappa shape index (κ1) is 18.6. The van der Waals surface area contributed by atoms with Crippen LogP contribution in [0.2, 0.25) is 0 Å². The first-order valence-corrected chi connectivity index (χ1v) is 9.26. The van der Waals surface area contributed by atoms with Crippen LogP contribution in [0.3, 0.4) is 0 Å². The van der Waals surface area contributed by atoms with Crippen LogP contribution in [0.25, 0.3) is 11.8 Å². The summed E-state index contributed by atoms with van der Waals surface area (Å²) in [6.45, 7) is 1.97. The number of ether oxygens (including phenoxy) is 3. The highest BCUT2D eigenvalue weighted by Crippen LogP contribution is 2.30. The Morgan fingerprint density at radius 2 is 1.62 bits per heavy atom. The number of para-hydroxylation sites is 1. The molecule has 1 aliphatic rings. The second kappa shape index (κ2) is 8.07. The van der Waals surface area contributed by atoms with E-state index in [1.54, 1.807) is 19.3 Å². The normalized spacial score (nSPS) is 14.5. The summed E-state index contributed by atoms with van der Waals surface area (Å²) in [4.78, 5) is 12.3. The van der Waals surface area contributed by atoms with Crippen LogP contribution < -0.4 is 9.47 Å². The molecule has 0 spiro atoms.